The van der Waals surface area contributed by atoms with Crippen molar-refractivity contribution in [1.29, 1.82) is 0 Å². The van der Waals surface area contributed by atoms with Gasteiger partial charge in [-0.15, -0.1) is 0 Å². The van der Waals surface area contributed by atoms with Crippen LogP contribution in [0.1, 0.15) is 15.9 Å². The Balaban J connectivity index is 1.63. The van der Waals surface area contributed by atoms with Crippen molar-refractivity contribution in [3.63, 3.8) is 0 Å². The van der Waals surface area contributed by atoms with Gasteiger partial charge in [0.15, 0.2) is 0 Å². The first-order valence-corrected chi connectivity index (χ1v) is 12.4. The Morgan fingerprint density at radius 3 is 2.34 bits per heavy atom. The molecule has 0 radical (unpaired) electrons. The lowest BCUT2D eigenvalue weighted by Crippen LogP contribution is -2.62. The number of hydrogen-bond acceptors (Lipinski definition) is 6. The Morgan fingerprint density at radius 1 is 1.09 bits per heavy atom. The third-order valence-corrected chi connectivity index (χ3v) is 7.37. The zero-order valence-corrected chi connectivity index (χ0v) is 19.3. The molecular formula is C23H32N3O5S+. The van der Waals surface area contributed by atoms with Gasteiger partial charge in [0.25, 0.3) is 0 Å². The maximum atomic E-state index is 12.8. The maximum absolute atomic E-state index is 12.8. The molecule has 1 fully saturated rings. The number of rotatable bonds is 10. The van der Waals surface area contributed by atoms with E-state index in [1.165, 1.54) is 7.11 Å². The molecule has 1 aliphatic rings. The van der Waals surface area contributed by atoms with Crippen LogP contribution in [-0.2, 0) is 21.3 Å². The van der Waals surface area contributed by atoms with Gasteiger partial charge in [0, 0.05) is 26.2 Å². The summed E-state index contributed by atoms with van der Waals surface area (Å²) in [5, 5.41) is 9.23. The predicted octanol–water partition coefficient (Wildman–Crippen LogP) is 1.21. The van der Waals surface area contributed by atoms with Crippen LogP contribution < -0.4 is 9.21 Å². The van der Waals surface area contributed by atoms with Crippen molar-refractivity contribution in [3.05, 3.63) is 65.7 Å². The fraction of sp³-hybridized carbons (Fsp3) is 0.435. The lowest BCUT2D eigenvalue weighted by molar-refractivity contribution is 0.0600. The number of carbonyl (C=O) groups excluding carboxylic acids is 1. The summed E-state index contributed by atoms with van der Waals surface area (Å²) in [5.41, 5.74) is 2.31. The number of hydrogen-bond donors (Lipinski definition) is 2. The SMILES string of the molecule is COC(=O)c1ccc(CNS(=O)(=O)CC[N+]2(c3ccccc3)CCN(CCO)CC2)cc1. The molecule has 3 rings (SSSR count). The van der Waals surface area contributed by atoms with E-state index in [4.69, 9.17) is 0 Å². The normalized spacial score (nSPS) is 16.6. The van der Waals surface area contributed by atoms with E-state index in [0.29, 0.717) is 23.1 Å². The highest BCUT2D eigenvalue weighted by atomic mass is 32.2. The lowest BCUT2D eigenvalue weighted by atomic mass is 10.1. The molecule has 2 aromatic carbocycles. The Morgan fingerprint density at radius 2 is 1.75 bits per heavy atom. The summed E-state index contributed by atoms with van der Waals surface area (Å²) >= 11 is 0. The van der Waals surface area contributed by atoms with Crippen LogP contribution in [0, 0.1) is 0 Å². The van der Waals surface area contributed by atoms with Crippen LogP contribution in [0.3, 0.4) is 0 Å². The van der Waals surface area contributed by atoms with Crippen molar-refractivity contribution in [2.45, 2.75) is 6.54 Å². The number of aliphatic hydroxyl groups excluding tert-OH is 1. The minimum atomic E-state index is -3.49. The molecule has 8 nitrogen and oxygen atoms in total. The maximum Gasteiger partial charge on any atom is 0.337 e. The molecule has 174 valence electrons. The highest BCUT2D eigenvalue weighted by molar-refractivity contribution is 7.89. The van der Waals surface area contributed by atoms with Gasteiger partial charge in [-0.2, -0.15) is 0 Å². The van der Waals surface area contributed by atoms with Crippen LogP contribution in [0.4, 0.5) is 5.69 Å². The molecule has 9 heteroatoms. The first-order chi connectivity index (χ1) is 15.4. The minimum absolute atomic E-state index is 0.0160. The molecule has 2 aromatic rings. The fourth-order valence-electron chi connectivity index (χ4n) is 4.05. The number of piperazine rings is 1. The number of esters is 1. The Hall–Kier alpha value is -2.30. The van der Waals surface area contributed by atoms with Gasteiger partial charge in [0.05, 0.1) is 38.9 Å². The molecule has 2 N–H and O–H groups in total. The third-order valence-electron chi connectivity index (χ3n) is 6.07. The molecule has 1 saturated heterocycles. The number of benzene rings is 2. The predicted molar refractivity (Wildman–Crippen MR) is 125 cm³/mol. The zero-order valence-electron chi connectivity index (χ0n) is 18.4. The molecule has 0 saturated carbocycles. The quantitative estimate of drug-likeness (QED) is 0.407. The first kappa shape index (κ1) is 24.3. The van der Waals surface area contributed by atoms with Crippen molar-refractivity contribution in [1.82, 2.24) is 14.1 Å². The second-order valence-corrected chi connectivity index (χ2v) is 9.97. The van der Waals surface area contributed by atoms with Gasteiger partial charge >= 0.3 is 5.97 Å². The molecule has 0 atom stereocenters. The van der Waals surface area contributed by atoms with Gasteiger partial charge in [-0.25, -0.2) is 17.9 Å². The van der Waals surface area contributed by atoms with Gasteiger partial charge in [-0.1, -0.05) is 30.3 Å². The fourth-order valence-corrected chi connectivity index (χ4v) is 5.17. The summed E-state index contributed by atoms with van der Waals surface area (Å²) in [6.07, 6.45) is 0. The number of aliphatic hydroxyl groups is 1. The second-order valence-electron chi connectivity index (χ2n) is 8.05. The van der Waals surface area contributed by atoms with Crippen LogP contribution in [0.15, 0.2) is 54.6 Å². The minimum Gasteiger partial charge on any atom is -0.465 e. The second kappa shape index (κ2) is 11.0. The molecule has 0 amide bonds. The number of β-amino-alcohol motifs (C(OH)–C–C–N with tert-alkyl or cyclic N) is 1. The third kappa shape index (κ3) is 6.36. The van der Waals surface area contributed by atoms with E-state index in [-0.39, 0.29) is 18.9 Å². The van der Waals surface area contributed by atoms with E-state index in [1.54, 1.807) is 24.3 Å². The van der Waals surface area contributed by atoms with Gasteiger partial charge in [-0.3, -0.25) is 9.38 Å². The monoisotopic (exact) mass is 462 g/mol. The molecule has 0 bridgehead atoms. The van der Waals surface area contributed by atoms with E-state index in [1.807, 2.05) is 18.2 Å². The summed E-state index contributed by atoms with van der Waals surface area (Å²) in [5.74, 6) is -0.409. The number of sulfonamides is 1. The topological polar surface area (TPSA) is 95.9 Å². The van der Waals surface area contributed by atoms with Crippen LogP contribution >= 0.6 is 0 Å². The summed E-state index contributed by atoms with van der Waals surface area (Å²) in [7, 11) is -2.17. The van der Waals surface area contributed by atoms with Crippen molar-refractivity contribution in [2.75, 3.05) is 58.7 Å². The van der Waals surface area contributed by atoms with Gasteiger partial charge < -0.3 is 9.84 Å². The van der Waals surface area contributed by atoms with Crippen molar-refractivity contribution < 1.29 is 23.1 Å². The number of ether oxygens (including phenoxy) is 1. The van der Waals surface area contributed by atoms with E-state index in [9.17, 15) is 18.3 Å². The molecule has 32 heavy (non-hydrogen) atoms. The molecular weight excluding hydrogens is 430 g/mol. The number of methoxy groups -OCH3 is 1. The van der Waals surface area contributed by atoms with Gasteiger partial charge in [0.1, 0.15) is 11.4 Å². The Bertz CT molecular complexity index is 972. The molecule has 0 unspecified atom stereocenters. The van der Waals surface area contributed by atoms with Crippen molar-refractivity contribution in [3.8, 4) is 0 Å². The largest absolute Gasteiger partial charge is 0.465 e. The number of carbonyl (C=O) groups is 1. The summed E-state index contributed by atoms with van der Waals surface area (Å²) in [6.45, 7) is 4.65. The summed E-state index contributed by atoms with van der Waals surface area (Å²) < 4.78 is 33.5. The molecule has 1 aliphatic heterocycles. The number of para-hydroxylation sites is 1. The first-order valence-electron chi connectivity index (χ1n) is 10.8. The molecule has 1 heterocycles. The number of nitrogens with one attached hydrogen (secondary N) is 1. The number of nitrogens with zero attached hydrogens (tertiary/aromatic N) is 2. The standard InChI is InChI=1S/C23H32N3O5S/c1-31-23(28)21-9-7-20(8-10-21)19-24-32(29,30)18-16-26(22-5-3-2-4-6-22)14-11-25(12-15-26)13-17-27/h2-10,24,27H,11-19H2,1H3/q+1. The van der Waals surface area contributed by atoms with Crippen molar-refractivity contribution >= 4 is 21.7 Å². The van der Waals surface area contributed by atoms with Gasteiger partial charge in [-0.05, 0) is 29.8 Å². The zero-order chi connectivity index (χ0) is 23.0. The van der Waals surface area contributed by atoms with E-state index in [2.05, 4.69) is 26.5 Å². The Labute approximate surface area is 190 Å². The molecule has 0 aliphatic carbocycles. The average Bonchev–Trinajstić information content (AvgIpc) is 2.83. The molecule has 0 aromatic heterocycles. The van der Waals surface area contributed by atoms with E-state index >= 15 is 0 Å². The highest BCUT2D eigenvalue weighted by Crippen LogP contribution is 2.25. The summed E-state index contributed by atoms with van der Waals surface area (Å²) in [4.78, 5) is 13.7. The smallest absolute Gasteiger partial charge is 0.337 e. The van der Waals surface area contributed by atoms with Crippen LogP contribution in [-0.4, -0.2) is 83.1 Å². The number of quaternary nitrogens is 1. The lowest BCUT2D eigenvalue weighted by Gasteiger charge is -2.44. The molecule has 0 spiro atoms. The van der Waals surface area contributed by atoms with Gasteiger partial charge in [0.2, 0.25) is 10.0 Å². The average molecular weight is 463 g/mol. The Kier molecular flexibility index (Phi) is 8.38. The summed E-state index contributed by atoms with van der Waals surface area (Å²) in [6, 6.07) is 16.7. The van der Waals surface area contributed by atoms with Crippen LogP contribution in [0.25, 0.3) is 0 Å². The van der Waals surface area contributed by atoms with Crippen LogP contribution in [0.5, 0.6) is 0 Å². The highest BCUT2D eigenvalue weighted by Gasteiger charge is 2.36. The van der Waals surface area contributed by atoms with E-state index in [0.717, 1.165) is 37.4 Å². The van der Waals surface area contributed by atoms with Crippen molar-refractivity contribution in [2.24, 2.45) is 0 Å². The van der Waals surface area contributed by atoms with E-state index < -0.39 is 16.0 Å². The van der Waals surface area contributed by atoms with Crippen LogP contribution in [0.2, 0.25) is 0 Å².